The highest BCUT2D eigenvalue weighted by Gasteiger charge is 2.20. The molecule has 1 aliphatic rings. The maximum Gasteiger partial charge on any atom is 0.319 e. The van der Waals surface area contributed by atoms with Crippen LogP contribution in [-0.4, -0.2) is 30.4 Å². The van der Waals surface area contributed by atoms with Crippen molar-refractivity contribution in [3.05, 3.63) is 24.0 Å². The van der Waals surface area contributed by atoms with Gasteiger partial charge >= 0.3 is 6.03 Å². The first-order chi connectivity index (χ1) is 10.6. The minimum atomic E-state index is -0.474. The van der Waals surface area contributed by atoms with Gasteiger partial charge in [-0.3, -0.25) is 0 Å². The van der Waals surface area contributed by atoms with Gasteiger partial charge in [-0.25, -0.2) is 9.18 Å². The number of anilines is 1. The largest absolute Gasteiger partial charge is 0.487 e. The fourth-order valence-electron chi connectivity index (χ4n) is 2.11. The van der Waals surface area contributed by atoms with Crippen molar-refractivity contribution >= 4 is 11.7 Å². The molecule has 2 rings (SSSR count). The summed E-state index contributed by atoms with van der Waals surface area (Å²) in [5.74, 6) is -0.0590. The van der Waals surface area contributed by atoms with Gasteiger partial charge in [-0.05, 0) is 43.7 Å². The van der Waals surface area contributed by atoms with Gasteiger partial charge in [0.25, 0.3) is 0 Å². The molecule has 1 atom stereocenters. The fraction of sp³-hybridized carbons (Fsp3) is 0.562. The number of carbonyl (C=O) groups is 1. The van der Waals surface area contributed by atoms with Gasteiger partial charge in [-0.1, -0.05) is 6.92 Å². The van der Waals surface area contributed by atoms with Crippen molar-refractivity contribution in [2.24, 2.45) is 5.92 Å². The first kappa shape index (κ1) is 16.5. The van der Waals surface area contributed by atoms with Crippen LogP contribution in [0.3, 0.4) is 0 Å². The Morgan fingerprint density at radius 1 is 1.50 bits per heavy atom. The maximum atomic E-state index is 13.9. The van der Waals surface area contributed by atoms with Gasteiger partial charge < -0.3 is 20.5 Å². The second-order valence-electron chi connectivity index (χ2n) is 5.77. The van der Waals surface area contributed by atoms with E-state index in [2.05, 4.69) is 10.6 Å². The number of carbonyl (C=O) groups excluding carboxylic acids is 1. The molecule has 1 aromatic rings. The van der Waals surface area contributed by atoms with Crippen LogP contribution in [0.4, 0.5) is 14.9 Å². The Morgan fingerprint density at radius 2 is 2.27 bits per heavy atom. The first-order valence-corrected chi connectivity index (χ1v) is 7.70. The highest BCUT2D eigenvalue weighted by atomic mass is 19.1. The zero-order chi connectivity index (χ0) is 15.9. The van der Waals surface area contributed by atoms with Crippen molar-refractivity contribution in [1.29, 1.82) is 0 Å². The standard InChI is InChI=1S/C16H23FN2O3/c1-11(7-8-20)10-18-16(21)19-12-5-6-15(14(17)9-12)22-13-3-2-4-13/h5-6,9,11,13,20H,2-4,7-8,10H2,1H3,(H2,18,19,21). The van der Waals surface area contributed by atoms with E-state index < -0.39 is 11.8 Å². The minimum absolute atomic E-state index is 0.0954. The minimum Gasteiger partial charge on any atom is -0.487 e. The van der Waals surface area contributed by atoms with E-state index in [1.54, 1.807) is 6.07 Å². The summed E-state index contributed by atoms with van der Waals surface area (Å²) in [6, 6.07) is 4.02. The molecule has 22 heavy (non-hydrogen) atoms. The molecule has 1 aromatic carbocycles. The molecule has 0 bridgehead atoms. The number of benzene rings is 1. The predicted octanol–water partition coefficient (Wildman–Crippen LogP) is 2.90. The predicted molar refractivity (Wildman–Crippen MR) is 82.6 cm³/mol. The zero-order valence-corrected chi connectivity index (χ0v) is 12.8. The SMILES string of the molecule is CC(CCO)CNC(=O)Nc1ccc(OC2CCC2)c(F)c1. The molecule has 122 valence electrons. The third kappa shape index (κ3) is 4.87. The number of rotatable bonds is 7. The molecule has 1 fully saturated rings. The number of aliphatic hydroxyl groups is 1. The summed E-state index contributed by atoms with van der Waals surface area (Å²) >= 11 is 0. The number of ether oxygens (including phenoxy) is 1. The van der Waals surface area contributed by atoms with E-state index >= 15 is 0 Å². The van der Waals surface area contributed by atoms with Gasteiger partial charge in [0.15, 0.2) is 11.6 Å². The molecule has 5 nitrogen and oxygen atoms in total. The lowest BCUT2D eigenvalue weighted by atomic mass is 9.96. The first-order valence-electron chi connectivity index (χ1n) is 7.70. The van der Waals surface area contributed by atoms with Crippen molar-refractivity contribution in [1.82, 2.24) is 5.32 Å². The second kappa shape index (κ2) is 7.98. The quantitative estimate of drug-likeness (QED) is 0.725. The van der Waals surface area contributed by atoms with Crippen LogP contribution in [-0.2, 0) is 0 Å². The summed E-state index contributed by atoms with van der Waals surface area (Å²) in [6.07, 6.45) is 3.80. The molecule has 0 spiro atoms. The molecule has 0 aromatic heterocycles. The smallest absolute Gasteiger partial charge is 0.319 e. The molecular weight excluding hydrogens is 287 g/mol. The number of aliphatic hydroxyl groups excluding tert-OH is 1. The van der Waals surface area contributed by atoms with E-state index in [0.717, 1.165) is 19.3 Å². The Bertz CT molecular complexity index is 506. The summed E-state index contributed by atoms with van der Waals surface area (Å²) in [6.45, 7) is 2.48. The topological polar surface area (TPSA) is 70.6 Å². The van der Waals surface area contributed by atoms with Crippen LogP contribution in [0.5, 0.6) is 5.75 Å². The molecule has 6 heteroatoms. The lowest BCUT2D eigenvalue weighted by Crippen LogP contribution is -2.32. The van der Waals surface area contributed by atoms with E-state index in [1.165, 1.54) is 12.1 Å². The van der Waals surface area contributed by atoms with Crippen molar-refractivity contribution in [2.45, 2.75) is 38.7 Å². The maximum absolute atomic E-state index is 13.9. The molecule has 1 aliphatic carbocycles. The zero-order valence-electron chi connectivity index (χ0n) is 12.8. The summed E-state index contributed by atoms with van der Waals surface area (Å²) in [5.41, 5.74) is 0.380. The summed E-state index contributed by atoms with van der Waals surface area (Å²) in [4.78, 5) is 11.7. The number of urea groups is 1. The van der Waals surface area contributed by atoms with E-state index in [0.29, 0.717) is 18.7 Å². The molecule has 1 unspecified atom stereocenters. The van der Waals surface area contributed by atoms with Crippen LogP contribution in [0.15, 0.2) is 18.2 Å². The molecule has 2 amide bonds. The molecule has 0 saturated heterocycles. The van der Waals surface area contributed by atoms with Gasteiger partial charge in [0.1, 0.15) is 0 Å². The Hall–Kier alpha value is -1.82. The molecule has 3 N–H and O–H groups in total. The molecular formula is C16H23FN2O3. The third-order valence-corrected chi connectivity index (χ3v) is 3.77. The van der Waals surface area contributed by atoms with Crippen LogP contribution >= 0.6 is 0 Å². The lowest BCUT2D eigenvalue weighted by molar-refractivity contribution is 0.115. The van der Waals surface area contributed by atoms with Crippen LogP contribution in [0, 0.1) is 11.7 Å². The van der Waals surface area contributed by atoms with Crippen LogP contribution in [0.25, 0.3) is 0 Å². The number of hydrogen-bond acceptors (Lipinski definition) is 3. The van der Waals surface area contributed by atoms with Crippen molar-refractivity contribution in [2.75, 3.05) is 18.5 Å². The summed E-state index contributed by atoms with van der Waals surface area (Å²) < 4.78 is 19.4. The Labute approximate surface area is 129 Å². The van der Waals surface area contributed by atoms with Crippen molar-refractivity contribution in [3.8, 4) is 5.75 Å². The fourth-order valence-corrected chi connectivity index (χ4v) is 2.11. The van der Waals surface area contributed by atoms with Crippen LogP contribution < -0.4 is 15.4 Å². The van der Waals surface area contributed by atoms with Crippen molar-refractivity contribution < 1.29 is 19.0 Å². The monoisotopic (exact) mass is 310 g/mol. The summed E-state index contributed by atoms with van der Waals surface area (Å²) in [7, 11) is 0. The van der Waals surface area contributed by atoms with E-state index in [1.807, 2.05) is 6.92 Å². The normalized spacial score (nSPS) is 15.8. The van der Waals surface area contributed by atoms with E-state index in [4.69, 9.17) is 9.84 Å². The number of hydrogen-bond donors (Lipinski definition) is 3. The average molecular weight is 310 g/mol. The Balaban J connectivity index is 1.81. The number of nitrogens with one attached hydrogen (secondary N) is 2. The van der Waals surface area contributed by atoms with Crippen LogP contribution in [0.1, 0.15) is 32.6 Å². The molecule has 1 saturated carbocycles. The number of halogens is 1. The van der Waals surface area contributed by atoms with Gasteiger partial charge in [-0.2, -0.15) is 0 Å². The molecule has 0 heterocycles. The van der Waals surface area contributed by atoms with Gasteiger partial charge in [0.2, 0.25) is 0 Å². The Morgan fingerprint density at radius 3 is 2.86 bits per heavy atom. The highest BCUT2D eigenvalue weighted by molar-refractivity contribution is 5.89. The third-order valence-electron chi connectivity index (χ3n) is 3.77. The van der Waals surface area contributed by atoms with Crippen LogP contribution in [0.2, 0.25) is 0 Å². The highest BCUT2D eigenvalue weighted by Crippen LogP contribution is 2.28. The Kier molecular flexibility index (Phi) is 6.00. The molecule has 0 aliphatic heterocycles. The van der Waals surface area contributed by atoms with E-state index in [9.17, 15) is 9.18 Å². The van der Waals surface area contributed by atoms with Crippen molar-refractivity contribution in [3.63, 3.8) is 0 Å². The summed E-state index contributed by atoms with van der Waals surface area (Å²) in [5, 5.41) is 14.1. The van der Waals surface area contributed by atoms with E-state index in [-0.39, 0.29) is 24.4 Å². The van der Waals surface area contributed by atoms with Gasteiger partial charge in [-0.15, -0.1) is 0 Å². The lowest BCUT2D eigenvalue weighted by Gasteiger charge is -2.26. The second-order valence-corrected chi connectivity index (χ2v) is 5.77. The van der Waals surface area contributed by atoms with Gasteiger partial charge in [0.05, 0.1) is 6.10 Å². The average Bonchev–Trinajstić information content (AvgIpc) is 2.43. The number of amides is 2. The molecule has 0 radical (unpaired) electrons. The van der Waals surface area contributed by atoms with Gasteiger partial charge in [0, 0.05) is 24.9 Å².